The molecule has 0 aliphatic heterocycles. The molecule has 0 bridgehead atoms. The Kier molecular flexibility index (Phi) is 12.9. The van der Waals surface area contributed by atoms with Gasteiger partial charge in [0.25, 0.3) is 0 Å². The first-order valence-electron chi connectivity index (χ1n) is 6.98. The highest BCUT2D eigenvalue weighted by molar-refractivity contribution is 5.65. The fourth-order valence-corrected chi connectivity index (χ4v) is 1.20. The Balaban J connectivity index is 0. The maximum Gasteiger partial charge on any atom is -0.0227 e. The van der Waals surface area contributed by atoms with Crippen molar-refractivity contribution in [3.05, 3.63) is 53.1 Å². The van der Waals surface area contributed by atoms with E-state index in [0.717, 1.165) is 0 Å². The van der Waals surface area contributed by atoms with Crippen molar-refractivity contribution in [1.82, 2.24) is 0 Å². The SMILES string of the molecule is CC.CC.CC(C)=C/C=C(\C)c1ccc(C)cc1. The number of allylic oxidation sites excluding steroid dienone is 4. The van der Waals surface area contributed by atoms with E-state index in [-0.39, 0.29) is 0 Å². The third kappa shape index (κ3) is 8.81. The average molecular weight is 246 g/mol. The molecule has 0 heteroatoms. The summed E-state index contributed by atoms with van der Waals surface area (Å²) in [6, 6.07) is 8.63. The summed E-state index contributed by atoms with van der Waals surface area (Å²) in [5, 5.41) is 0. The minimum atomic E-state index is 1.30. The molecule has 0 aliphatic rings. The van der Waals surface area contributed by atoms with Crippen molar-refractivity contribution in [2.45, 2.75) is 55.4 Å². The van der Waals surface area contributed by atoms with E-state index in [9.17, 15) is 0 Å². The average Bonchev–Trinajstić information content (AvgIpc) is 2.41. The van der Waals surface area contributed by atoms with Crippen molar-refractivity contribution in [2.24, 2.45) is 0 Å². The summed E-state index contributed by atoms with van der Waals surface area (Å²) < 4.78 is 0. The second-order valence-corrected chi connectivity index (χ2v) is 3.96. The molecule has 1 aromatic rings. The molecule has 0 aliphatic carbocycles. The van der Waals surface area contributed by atoms with Gasteiger partial charge >= 0.3 is 0 Å². The summed E-state index contributed by atoms with van der Waals surface area (Å²) in [7, 11) is 0. The van der Waals surface area contributed by atoms with Gasteiger partial charge in [0.05, 0.1) is 0 Å². The van der Waals surface area contributed by atoms with Gasteiger partial charge in [-0.2, -0.15) is 0 Å². The molecule has 0 aromatic heterocycles. The predicted octanol–water partition coefficient (Wildman–Crippen LogP) is 6.42. The van der Waals surface area contributed by atoms with E-state index in [4.69, 9.17) is 0 Å². The summed E-state index contributed by atoms with van der Waals surface area (Å²) in [6.45, 7) is 16.5. The number of aryl methyl sites for hydroxylation is 1. The minimum Gasteiger partial charge on any atom is -0.0764 e. The molecular formula is C18H30. The maximum absolute atomic E-state index is 2.17. The molecule has 0 heterocycles. The van der Waals surface area contributed by atoms with Crippen LogP contribution in [0.4, 0.5) is 0 Å². The van der Waals surface area contributed by atoms with Crippen molar-refractivity contribution in [3.63, 3.8) is 0 Å². The molecule has 0 N–H and O–H groups in total. The standard InChI is InChI=1S/C14H18.2C2H6/c1-11(2)5-8-13(4)14-9-6-12(3)7-10-14;2*1-2/h5-10H,1-4H3;2*1-2H3/b13-8+;;. The van der Waals surface area contributed by atoms with Crippen LogP contribution in [0.15, 0.2) is 42.0 Å². The second-order valence-electron chi connectivity index (χ2n) is 3.96. The van der Waals surface area contributed by atoms with E-state index in [0.29, 0.717) is 0 Å². The molecule has 0 saturated heterocycles. The number of hydrogen-bond acceptors (Lipinski definition) is 0. The third-order valence-electron chi connectivity index (χ3n) is 2.17. The highest BCUT2D eigenvalue weighted by atomic mass is 14.0. The van der Waals surface area contributed by atoms with Gasteiger partial charge in [-0.25, -0.2) is 0 Å². The topological polar surface area (TPSA) is 0 Å². The fourth-order valence-electron chi connectivity index (χ4n) is 1.20. The van der Waals surface area contributed by atoms with Gasteiger partial charge in [0.15, 0.2) is 0 Å². The molecule has 0 nitrogen and oxygen atoms in total. The normalized spacial score (nSPS) is 9.44. The molecule has 0 amide bonds. The zero-order valence-electron chi connectivity index (χ0n) is 13.5. The van der Waals surface area contributed by atoms with E-state index in [1.807, 2.05) is 27.7 Å². The van der Waals surface area contributed by atoms with Crippen LogP contribution in [0.1, 0.15) is 59.6 Å². The summed E-state index contributed by atoms with van der Waals surface area (Å²) in [5.74, 6) is 0. The number of hydrogen-bond donors (Lipinski definition) is 0. The first-order chi connectivity index (χ1) is 8.59. The van der Waals surface area contributed by atoms with Crippen LogP contribution in [0.2, 0.25) is 0 Å². The van der Waals surface area contributed by atoms with Crippen LogP contribution in [0, 0.1) is 6.92 Å². The van der Waals surface area contributed by atoms with E-state index in [2.05, 4.69) is 64.1 Å². The van der Waals surface area contributed by atoms with Crippen LogP contribution >= 0.6 is 0 Å². The van der Waals surface area contributed by atoms with Gasteiger partial charge in [-0.1, -0.05) is 75.2 Å². The number of rotatable bonds is 2. The van der Waals surface area contributed by atoms with Crippen LogP contribution in [0.25, 0.3) is 5.57 Å². The lowest BCUT2D eigenvalue weighted by Crippen LogP contribution is -1.79. The van der Waals surface area contributed by atoms with Crippen molar-refractivity contribution in [2.75, 3.05) is 0 Å². The quantitative estimate of drug-likeness (QED) is 0.528. The lowest BCUT2D eigenvalue weighted by molar-refractivity contribution is 1.39. The lowest BCUT2D eigenvalue weighted by Gasteiger charge is -2.00. The van der Waals surface area contributed by atoms with E-state index >= 15 is 0 Å². The van der Waals surface area contributed by atoms with Crippen LogP contribution in [0.3, 0.4) is 0 Å². The Morgan fingerprint density at radius 2 is 1.22 bits per heavy atom. The molecule has 102 valence electrons. The molecule has 1 aromatic carbocycles. The molecule has 18 heavy (non-hydrogen) atoms. The van der Waals surface area contributed by atoms with E-state index in [1.165, 1.54) is 22.3 Å². The monoisotopic (exact) mass is 246 g/mol. The summed E-state index contributed by atoms with van der Waals surface area (Å²) in [4.78, 5) is 0. The molecule has 0 spiro atoms. The highest BCUT2D eigenvalue weighted by Crippen LogP contribution is 2.14. The van der Waals surface area contributed by atoms with Gasteiger partial charge < -0.3 is 0 Å². The van der Waals surface area contributed by atoms with Gasteiger partial charge in [-0.05, 0) is 38.8 Å². The Bertz CT molecular complexity index is 346. The lowest BCUT2D eigenvalue weighted by atomic mass is 10.1. The molecule has 0 fully saturated rings. The molecule has 0 radical (unpaired) electrons. The highest BCUT2D eigenvalue weighted by Gasteiger charge is 1.92. The van der Waals surface area contributed by atoms with Gasteiger partial charge in [0.2, 0.25) is 0 Å². The first kappa shape index (κ1) is 19.0. The molecule has 0 unspecified atom stereocenters. The summed E-state index contributed by atoms with van der Waals surface area (Å²) >= 11 is 0. The Labute approximate surface area is 114 Å². The van der Waals surface area contributed by atoms with Crippen molar-refractivity contribution in [3.8, 4) is 0 Å². The second kappa shape index (κ2) is 12.2. The van der Waals surface area contributed by atoms with Crippen molar-refractivity contribution in [1.29, 1.82) is 0 Å². The van der Waals surface area contributed by atoms with Crippen molar-refractivity contribution >= 4 is 5.57 Å². The fraction of sp³-hybridized carbons (Fsp3) is 0.444. The smallest absolute Gasteiger partial charge is 0.0227 e. The van der Waals surface area contributed by atoms with E-state index < -0.39 is 0 Å². The molecule has 1 rings (SSSR count). The summed E-state index contributed by atoms with van der Waals surface area (Å²) in [5.41, 5.74) is 5.25. The van der Waals surface area contributed by atoms with Crippen LogP contribution in [-0.4, -0.2) is 0 Å². The summed E-state index contributed by atoms with van der Waals surface area (Å²) in [6.07, 6.45) is 4.31. The zero-order chi connectivity index (χ0) is 14.6. The van der Waals surface area contributed by atoms with Gasteiger partial charge in [0.1, 0.15) is 0 Å². The van der Waals surface area contributed by atoms with Crippen molar-refractivity contribution < 1.29 is 0 Å². The van der Waals surface area contributed by atoms with Crippen LogP contribution < -0.4 is 0 Å². The van der Waals surface area contributed by atoms with Gasteiger partial charge in [-0.15, -0.1) is 0 Å². The Morgan fingerprint density at radius 3 is 1.61 bits per heavy atom. The largest absolute Gasteiger partial charge is 0.0764 e. The van der Waals surface area contributed by atoms with Gasteiger partial charge in [-0.3, -0.25) is 0 Å². The third-order valence-corrected chi connectivity index (χ3v) is 2.17. The predicted molar refractivity (Wildman–Crippen MR) is 87.0 cm³/mol. The van der Waals surface area contributed by atoms with Crippen LogP contribution in [-0.2, 0) is 0 Å². The van der Waals surface area contributed by atoms with Gasteiger partial charge in [0, 0.05) is 0 Å². The zero-order valence-corrected chi connectivity index (χ0v) is 13.5. The molecular weight excluding hydrogens is 216 g/mol. The maximum atomic E-state index is 2.17. The van der Waals surface area contributed by atoms with E-state index in [1.54, 1.807) is 0 Å². The first-order valence-corrected chi connectivity index (χ1v) is 6.98. The Hall–Kier alpha value is -1.30. The number of benzene rings is 1. The molecule has 0 saturated carbocycles. The molecule has 0 atom stereocenters. The minimum absolute atomic E-state index is 1.30. The van der Waals surface area contributed by atoms with Crippen LogP contribution in [0.5, 0.6) is 0 Å². The Morgan fingerprint density at radius 1 is 0.778 bits per heavy atom.